The largest absolute Gasteiger partial charge is 0.457 e. The number of esters is 1. The van der Waals surface area contributed by atoms with Crippen LogP contribution in [0.3, 0.4) is 0 Å². The standard InChI is InChI=1S/C41H82O4/c1-3-5-7-9-11-13-15-17-18-19-20-21-22-23-24-26-28-30-32-34-36-41(43)45-40(38-42)39-44-37-35-33-31-29-27-25-16-14-12-10-8-6-4-2/h40,42H,3-39H2,1-2H3. The number of carbonyl (C=O) groups excluding carboxylic acids is 1. The summed E-state index contributed by atoms with van der Waals surface area (Å²) in [7, 11) is 0. The summed E-state index contributed by atoms with van der Waals surface area (Å²) in [5.74, 6) is -0.194. The Morgan fingerprint density at radius 2 is 0.733 bits per heavy atom. The van der Waals surface area contributed by atoms with Crippen molar-refractivity contribution in [3.63, 3.8) is 0 Å². The van der Waals surface area contributed by atoms with Gasteiger partial charge in [0.25, 0.3) is 0 Å². The first-order chi connectivity index (χ1) is 22.2. The van der Waals surface area contributed by atoms with Gasteiger partial charge in [-0.15, -0.1) is 0 Å². The monoisotopic (exact) mass is 639 g/mol. The normalized spacial score (nSPS) is 12.2. The molecule has 0 aliphatic carbocycles. The van der Waals surface area contributed by atoms with Crippen LogP contribution in [0, 0.1) is 0 Å². The van der Waals surface area contributed by atoms with Crippen molar-refractivity contribution < 1.29 is 19.4 Å². The van der Waals surface area contributed by atoms with Crippen LogP contribution in [0.15, 0.2) is 0 Å². The zero-order valence-corrected chi connectivity index (χ0v) is 30.9. The van der Waals surface area contributed by atoms with E-state index in [1.807, 2.05) is 0 Å². The number of hydrogen-bond acceptors (Lipinski definition) is 4. The van der Waals surface area contributed by atoms with Gasteiger partial charge in [-0.3, -0.25) is 4.79 Å². The summed E-state index contributed by atoms with van der Waals surface area (Å²) < 4.78 is 11.1. The van der Waals surface area contributed by atoms with Gasteiger partial charge < -0.3 is 14.6 Å². The summed E-state index contributed by atoms with van der Waals surface area (Å²) in [6, 6.07) is 0. The lowest BCUT2D eigenvalue weighted by Gasteiger charge is -2.16. The zero-order valence-electron chi connectivity index (χ0n) is 30.9. The van der Waals surface area contributed by atoms with Crippen molar-refractivity contribution in [2.24, 2.45) is 0 Å². The molecule has 0 aromatic rings. The minimum Gasteiger partial charge on any atom is -0.457 e. The van der Waals surface area contributed by atoms with Crippen LogP contribution in [-0.4, -0.2) is 37.0 Å². The van der Waals surface area contributed by atoms with E-state index in [2.05, 4.69) is 13.8 Å². The fourth-order valence-electron chi connectivity index (χ4n) is 6.33. The number of hydrogen-bond donors (Lipinski definition) is 1. The van der Waals surface area contributed by atoms with E-state index in [-0.39, 0.29) is 12.6 Å². The van der Waals surface area contributed by atoms with Gasteiger partial charge in [-0.1, -0.05) is 213 Å². The number of unbranched alkanes of at least 4 members (excludes halogenated alkanes) is 31. The van der Waals surface area contributed by atoms with E-state index in [9.17, 15) is 9.90 Å². The first kappa shape index (κ1) is 44.4. The van der Waals surface area contributed by atoms with Gasteiger partial charge in [-0.2, -0.15) is 0 Å². The topological polar surface area (TPSA) is 55.8 Å². The fourth-order valence-corrected chi connectivity index (χ4v) is 6.33. The van der Waals surface area contributed by atoms with Crippen molar-refractivity contribution in [3.8, 4) is 0 Å². The molecule has 0 fully saturated rings. The molecule has 0 amide bonds. The van der Waals surface area contributed by atoms with E-state index in [1.165, 1.54) is 193 Å². The van der Waals surface area contributed by atoms with Gasteiger partial charge in [0.1, 0.15) is 6.10 Å². The Bertz CT molecular complexity index is 552. The third-order valence-electron chi connectivity index (χ3n) is 9.43. The van der Waals surface area contributed by atoms with E-state index in [1.54, 1.807) is 0 Å². The van der Waals surface area contributed by atoms with Gasteiger partial charge in [-0.25, -0.2) is 0 Å². The molecule has 0 aromatic heterocycles. The van der Waals surface area contributed by atoms with Crippen molar-refractivity contribution >= 4 is 5.97 Å². The molecular weight excluding hydrogens is 556 g/mol. The Morgan fingerprint density at radius 1 is 0.444 bits per heavy atom. The van der Waals surface area contributed by atoms with E-state index in [0.717, 1.165) is 19.3 Å². The molecule has 0 aliphatic heterocycles. The van der Waals surface area contributed by atoms with Crippen LogP contribution in [0.4, 0.5) is 0 Å². The lowest BCUT2D eigenvalue weighted by atomic mass is 10.0. The molecule has 4 nitrogen and oxygen atoms in total. The molecule has 0 bridgehead atoms. The van der Waals surface area contributed by atoms with Gasteiger partial charge in [-0.05, 0) is 12.8 Å². The molecule has 1 unspecified atom stereocenters. The molecule has 0 aliphatic rings. The second-order valence-corrected chi connectivity index (χ2v) is 14.1. The van der Waals surface area contributed by atoms with Gasteiger partial charge >= 0.3 is 5.97 Å². The van der Waals surface area contributed by atoms with Gasteiger partial charge in [0.05, 0.1) is 13.2 Å². The molecule has 1 atom stereocenters. The Kier molecular flexibility index (Phi) is 39.0. The summed E-state index contributed by atoms with van der Waals surface area (Å²) in [5.41, 5.74) is 0. The molecule has 0 heterocycles. The van der Waals surface area contributed by atoms with Crippen LogP contribution < -0.4 is 0 Å². The summed E-state index contributed by atoms with van der Waals surface area (Å²) in [6.45, 7) is 5.40. The maximum Gasteiger partial charge on any atom is 0.306 e. The van der Waals surface area contributed by atoms with Crippen molar-refractivity contribution in [1.82, 2.24) is 0 Å². The summed E-state index contributed by atoms with van der Waals surface area (Å²) in [6.07, 6.45) is 44.4. The highest BCUT2D eigenvalue weighted by Gasteiger charge is 2.13. The SMILES string of the molecule is CCCCCCCCCCCCCCCCCCCCCCC(=O)OC(CO)COCCCCCCCCCCCCCCC. The average molecular weight is 639 g/mol. The predicted molar refractivity (Wildman–Crippen MR) is 196 cm³/mol. The maximum atomic E-state index is 12.2. The van der Waals surface area contributed by atoms with E-state index in [4.69, 9.17) is 9.47 Å². The third-order valence-corrected chi connectivity index (χ3v) is 9.43. The van der Waals surface area contributed by atoms with Crippen LogP contribution in [0.5, 0.6) is 0 Å². The Labute approximate surface area is 283 Å². The number of ether oxygens (including phenoxy) is 2. The molecule has 0 saturated heterocycles. The minimum atomic E-state index is -0.524. The Hall–Kier alpha value is -0.610. The van der Waals surface area contributed by atoms with E-state index in [0.29, 0.717) is 19.6 Å². The second kappa shape index (κ2) is 39.6. The number of aliphatic hydroxyl groups excluding tert-OH is 1. The van der Waals surface area contributed by atoms with Crippen LogP contribution in [-0.2, 0) is 14.3 Å². The molecule has 0 saturated carbocycles. The summed E-state index contributed by atoms with van der Waals surface area (Å²) in [4.78, 5) is 12.2. The lowest BCUT2D eigenvalue weighted by Crippen LogP contribution is -2.27. The van der Waals surface area contributed by atoms with Crippen molar-refractivity contribution in [1.29, 1.82) is 0 Å². The molecule has 0 rings (SSSR count). The lowest BCUT2D eigenvalue weighted by molar-refractivity contribution is -0.154. The van der Waals surface area contributed by atoms with Crippen molar-refractivity contribution in [2.75, 3.05) is 19.8 Å². The molecule has 0 aromatic carbocycles. The molecule has 4 heteroatoms. The zero-order chi connectivity index (χ0) is 32.7. The Morgan fingerprint density at radius 3 is 1.04 bits per heavy atom. The Balaban J connectivity index is 3.35. The highest BCUT2D eigenvalue weighted by Crippen LogP contribution is 2.16. The van der Waals surface area contributed by atoms with Gasteiger partial charge in [0.2, 0.25) is 0 Å². The average Bonchev–Trinajstić information content (AvgIpc) is 3.05. The number of carbonyl (C=O) groups is 1. The highest BCUT2D eigenvalue weighted by atomic mass is 16.6. The molecular formula is C41H82O4. The van der Waals surface area contributed by atoms with Gasteiger partial charge in [0, 0.05) is 13.0 Å². The maximum absolute atomic E-state index is 12.2. The fraction of sp³-hybridized carbons (Fsp3) is 0.976. The smallest absolute Gasteiger partial charge is 0.306 e. The second-order valence-electron chi connectivity index (χ2n) is 14.1. The minimum absolute atomic E-state index is 0.163. The van der Waals surface area contributed by atoms with Crippen LogP contribution in [0.25, 0.3) is 0 Å². The van der Waals surface area contributed by atoms with E-state index >= 15 is 0 Å². The molecule has 270 valence electrons. The molecule has 0 radical (unpaired) electrons. The van der Waals surface area contributed by atoms with Crippen LogP contribution in [0.1, 0.15) is 232 Å². The summed E-state index contributed by atoms with van der Waals surface area (Å²) in [5, 5.41) is 9.57. The predicted octanol–water partition coefficient (Wildman–Crippen LogP) is 13.2. The highest BCUT2D eigenvalue weighted by molar-refractivity contribution is 5.69. The van der Waals surface area contributed by atoms with E-state index < -0.39 is 6.10 Å². The molecule has 45 heavy (non-hydrogen) atoms. The third kappa shape index (κ3) is 37.7. The van der Waals surface area contributed by atoms with Crippen molar-refractivity contribution in [3.05, 3.63) is 0 Å². The summed E-state index contributed by atoms with van der Waals surface area (Å²) >= 11 is 0. The number of aliphatic hydroxyl groups is 1. The quantitative estimate of drug-likeness (QED) is 0.0537. The number of rotatable bonds is 39. The van der Waals surface area contributed by atoms with Crippen LogP contribution in [0.2, 0.25) is 0 Å². The molecule has 1 N–H and O–H groups in total. The molecule has 0 spiro atoms. The first-order valence-electron chi connectivity index (χ1n) is 20.6. The van der Waals surface area contributed by atoms with Crippen molar-refractivity contribution in [2.45, 2.75) is 238 Å². The first-order valence-corrected chi connectivity index (χ1v) is 20.6. The van der Waals surface area contributed by atoms with Gasteiger partial charge in [0.15, 0.2) is 0 Å². The van der Waals surface area contributed by atoms with Crippen LogP contribution >= 0.6 is 0 Å².